The van der Waals surface area contributed by atoms with Gasteiger partial charge < -0.3 is 35.1 Å². The van der Waals surface area contributed by atoms with Gasteiger partial charge in [-0.15, -0.1) is 0 Å². The first-order chi connectivity index (χ1) is 12.3. The maximum atomic E-state index is 11.5. The van der Waals surface area contributed by atoms with Gasteiger partial charge in [-0.05, 0) is 28.1 Å². The van der Waals surface area contributed by atoms with E-state index in [1.54, 1.807) is 18.3 Å². The van der Waals surface area contributed by atoms with Crippen molar-refractivity contribution in [2.75, 3.05) is 6.61 Å². The van der Waals surface area contributed by atoms with Crippen LogP contribution in [0.3, 0.4) is 0 Å². The lowest BCUT2D eigenvalue weighted by Gasteiger charge is -2.41. The summed E-state index contributed by atoms with van der Waals surface area (Å²) in [6, 6.07) is 2.45. The second-order valence-corrected chi connectivity index (χ2v) is 7.28. The van der Waals surface area contributed by atoms with Crippen LogP contribution in [-0.2, 0) is 9.53 Å². The summed E-state index contributed by atoms with van der Waals surface area (Å²) in [6.07, 6.45) is -3.32. The van der Waals surface area contributed by atoms with Crippen LogP contribution in [0.25, 0.3) is 10.9 Å². The molecule has 1 aromatic heterocycles. The smallest absolute Gasteiger partial charge is 0.223 e. The zero-order chi connectivity index (χ0) is 19.0. The Morgan fingerprint density at radius 3 is 2.81 bits per heavy atom. The first-order valence-electron chi connectivity index (χ1n) is 7.84. The fourth-order valence-electron chi connectivity index (χ4n) is 2.88. The van der Waals surface area contributed by atoms with E-state index >= 15 is 0 Å². The molecule has 0 radical (unpaired) electrons. The normalized spacial score (nSPS) is 28.9. The molecule has 0 aliphatic carbocycles. The molecule has 10 heteroatoms. The van der Waals surface area contributed by atoms with E-state index in [4.69, 9.17) is 21.1 Å². The maximum absolute atomic E-state index is 11.5. The largest absolute Gasteiger partial charge is 0.460 e. The topological polar surface area (TPSA) is 124 Å². The fourth-order valence-corrected chi connectivity index (χ4v) is 3.39. The molecule has 1 saturated heterocycles. The lowest BCUT2D eigenvalue weighted by atomic mass is 9.97. The average Bonchev–Trinajstić information content (AvgIpc) is 2.96. The van der Waals surface area contributed by atoms with Crippen molar-refractivity contribution in [2.45, 2.75) is 37.6 Å². The summed E-state index contributed by atoms with van der Waals surface area (Å²) in [6.45, 7) is 0.763. The molecule has 3 rings (SSSR count). The number of nitrogens with one attached hydrogen (secondary N) is 2. The Hall–Kier alpha value is -1.36. The molecule has 1 aromatic carbocycles. The summed E-state index contributed by atoms with van der Waals surface area (Å²) in [5.74, 6) is -0.0210. The molecule has 1 amide bonds. The first-order valence-corrected chi connectivity index (χ1v) is 9.01. The third kappa shape index (κ3) is 3.68. The van der Waals surface area contributed by atoms with Gasteiger partial charge in [-0.25, -0.2) is 0 Å². The number of aromatic nitrogens is 1. The van der Waals surface area contributed by atoms with Crippen LogP contribution < -0.4 is 10.1 Å². The van der Waals surface area contributed by atoms with Crippen LogP contribution in [0.1, 0.15) is 6.92 Å². The van der Waals surface area contributed by atoms with E-state index in [1.165, 1.54) is 6.92 Å². The number of rotatable bonds is 4. The van der Waals surface area contributed by atoms with Crippen molar-refractivity contribution in [1.82, 2.24) is 10.3 Å². The monoisotopic (exact) mass is 448 g/mol. The number of aliphatic hydroxyl groups is 3. The summed E-state index contributed by atoms with van der Waals surface area (Å²) in [5.41, 5.74) is 0.722. The van der Waals surface area contributed by atoms with Crippen molar-refractivity contribution in [1.29, 1.82) is 0 Å². The third-order valence-electron chi connectivity index (χ3n) is 4.18. The number of carbonyl (C=O) groups is 1. The highest BCUT2D eigenvalue weighted by Crippen LogP contribution is 2.34. The molecule has 8 nitrogen and oxygen atoms in total. The van der Waals surface area contributed by atoms with Gasteiger partial charge >= 0.3 is 0 Å². The minimum atomic E-state index is -1.37. The van der Waals surface area contributed by atoms with Crippen LogP contribution in [0.4, 0.5) is 0 Å². The zero-order valence-corrected chi connectivity index (χ0v) is 16.0. The molecule has 1 fully saturated rings. The Morgan fingerprint density at radius 2 is 2.15 bits per heavy atom. The SMILES string of the molecule is CC(=O)N[C@H]1[C@H](Oc2c[nH]c3cc(Cl)c(Br)cc23)O[C@H](CO)[C@@H](O)[C@@H]1O. The van der Waals surface area contributed by atoms with E-state index in [9.17, 15) is 20.1 Å². The van der Waals surface area contributed by atoms with Crippen molar-refractivity contribution < 1.29 is 29.6 Å². The Kier molecular flexibility index (Phi) is 5.75. The maximum Gasteiger partial charge on any atom is 0.223 e. The van der Waals surface area contributed by atoms with Gasteiger partial charge in [0.15, 0.2) is 0 Å². The molecule has 2 heterocycles. The molecule has 5 N–H and O–H groups in total. The molecule has 2 aromatic rings. The molecule has 5 atom stereocenters. The van der Waals surface area contributed by atoms with Crippen LogP contribution in [-0.4, -0.2) is 63.5 Å². The van der Waals surface area contributed by atoms with Crippen LogP contribution in [0, 0.1) is 0 Å². The highest BCUT2D eigenvalue weighted by atomic mass is 79.9. The van der Waals surface area contributed by atoms with Gasteiger partial charge in [-0.1, -0.05) is 11.6 Å². The first kappa shape index (κ1) is 19.4. The average molecular weight is 450 g/mol. The number of halogens is 2. The highest BCUT2D eigenvalue weighted by molar-refractivity contribution is 9.10. The predicted molar refractivity (Wildman–Crippen MR) is 97.0 cm³/mol. The number of ether oxygens (including phenoxy) is 2. The molecule has 0 spiro atoms. The number of carbonyl (C=O) groups excluding carboxylic acids is 1. The van der Waals surface area contributed by atoms with Crippen molar-refractivity contribution in [3.8, 4) is 5.75 Å². The molecule has 142 valence electrons. The lowest BCUT2D eigenvalue weighted by molar-refractivity contribution is -0.244. The van der Waals surface area contributed by atoms with Gasteiger partial charge in [0, 0.05) is 23.0 Å². The van der Waals surface area contributed by atoms with Crippen LogP contribution in [0.15, 0.2) is 22.8 Å². The van der Waals surface area contributed by atoms with E-state index in [1.807, 2.05) is 0 Å². The van der Waals surface area contributed by atoms with Crippen LogP contribution >= 0.6 is 27.5 Å². The van der Waals surface area contributed by atoms with Crippen molar-refractivity contribution in [3.05, 3.63) is 27.8 Å². The van der Waals surface area contributed by atoms with E-state index in [0.29, 0.717) is 20.6 Å². The van der Waals surface area contributed by atoms with Crippen LogP contribution in [0.2, 0.25) is 5.02 Å². The Balaban J connectivity index is 1.92. The summed E-state index contributed by atoms with van der Waals surface area (Å²) in [5, 5.41) is 33.5. The molecule has 1 aliphatic rings. The Morgan fingerprint density at radius 1 is 1.42 bits per heavy atom. The molecule has 0 unspecified atom stereocenters. The number of benzene rings is 1. The van der Waals surface area contributed by atoms with E-state index in [2.05, 4.69) is 26.2 Å². The Labute approximate surface area is 162 Å². The van der Waals surface area contributed by atoms with Gasteiger partial charge in [-0.2, -0.15) is 0 Å². The number of aliphatic hydroxyl groups excluding tert-OH is 3. The number of aromatic amines is 1. The predicted octanol–water partition coefficient (Wildman–Crippen LogP) is 0.906. The van der Waals surface area contributed by atoms with E-state index in [0.717, 1.165) is 5.52 Å². The van der Waals surface area contributed by atoms with Gasteiger partial charge in [0.1, 0.15) is 30.1 Å². The van der Waals surface area contributed by atoms with Crippen molar-refractivity contribution in [3.63, 3.8) is 0 Å². The van der Waals surface area contributed by atoms with Crippen LogP contribution in [0.5, 0.6) is 5.75 Å². The second-order valence-electron chi connectivity index (χ2n) is 6.02. The summed E-state index contributed by atoms with van der Waals surface area (Å²) in [4.78, 5) is 14.5. The fraction of sp³-hybridized carbons (Fsp3) is 0.438. The number of hydrogen-bond acceptors (Lipinski definition) is 6. The minimum absolute atomic E-state index is 0.401. The molecular formula is C16H18BrClN2O6. The molecular weight excluding hydrogens is 432 g/mol. The van der Waals surface area contributed by atoms with E-state index < -0.39 is 43.2 Å². The van der Waals surface area contributed by atoms with Crippen molar-refractivity contribution in [2.24, 2.45) is 0 Å². The number of amides is 1. The zero-order valence-electron chi connectivity index (χ0n) is 13.6. The quantitative estimate of drug-likeness (QED) is 0.473. The number of H-pyrrole nitrogens is 1. The second kappa shape index (κ2) is 7.71. The van der Waals surface area contributed by atoms with Gasteiger partial charge in [0.05, 0.1) is 17.1 Å². The number of fused-ring (bicyclic) bond motifs is 1. The molecule has 26 heavy (non-hydrogen) atoms. The van der Waals surface area contributed by atoms with E-state index in [-0.39, 0.29) is 0 Å². The van der Waals surface area contributed by atoms with Gasteiger partial charge in [0.2, 0.25) is 12.2 Å². The summed E-state index contributed by atoms with van der Waals surface area (Å²) < 4.78 is 12.1. The lowest BCUT2D eigenvalue weighted by Crippen LogP contribution is -2.65. The molecule has 0 saturated carbocycles. The highest BCUT2D eigenvalue weighted by Gasteiger charge is 2.46. The molecule has 1 aliphatic heterocycles. The molecule has 0 bridgehead atoms. The minimum Gasteiger partial charge on any atom is -0.460 e. The summed E-state index contributed by atoms with van der Waals surface area (Å²) >= 11 is 9.42. The van der Waals surface area contributed by atoms with Gasteiger partial charge in [-0.3, -0.25) is 4.79 Å². The standard InChI is InChI=1S/C16H18BrClN2O6/c1-6(22)20-13-15(24)14(23)12(5-21)26-16(13)25-11-4-19-10-3-9(18)8(17)2-7(10)11/h2-4,12-16,19,21,23-24H,5H2,1H3,(H,20,22)/t12-,13-,14-,15-,16-/m1/s1. The van der Waals surface area contributed by atoms with Gasteiger partial charge in [0.25, 0.3) is 0 Å². The Bertz CT molecular complexity index is 815. The van der Waals surface area contributed by atoms with Crippen molar-refractivity contribution >= 4 is 44.3 Å². The summed E-state index contributed by atoms with van der Waals surface area (Å²) in [7, 11) is 0. The number of hydrogen-bond donors (Lipinski definition) is 5. The third-order valence-corrected chi connectivity index (χ3v) is 5.38.